The Kier molecular flexibility index (Phi) is 6.15. The van der Waals surface area contributed by atoms with Crippen LogP contribution in [0.5, 0.6) is 0 Å². The van der Waals surface area contributed by atoms with Crippen molar-refractivity contribution in [3.05, 3.63) is 65.2 Å². The van der Waals surface area contributed by atoms with E-state index >= 15 is 0 Å². The SMILES string of the molecule is Cc1ccc(CNC(=O)C2(C)CN(S(C)(=O)=O)CC(=O)N2c2ccc(F)cc2F)cc1. The van der Waals surface area contributed by atoms with Gasteiger partial charge in [-0.2, -0.15) is 4.31 Å². The first-order chi connectivity index (χ1) is 14.4. The van der Waals surface area contributed by atoms with Gasteiger partial charge < -0.3 is 5.32 Å². The fourth-order valence-corrected chi connectivity index (χ4v) is 4.35. The third-order valence-electron chi connectivity index (χ3n) is 5.22. The van der Waals surface area contributed by atoms with Crippen LogP contribution in [0.1, 0.15) is 18.1 Å². The van der Waals surface area contributed by atoms with Crippen LogP contribution >= 0.6 is 0 Å². The molecular weight excluding hydrogens is 428 g/mol. The molecule has 7 nitrogen and oxygen atoms in total. The van der Waals surface area contributed by atoms with Crippen LogP contribution in [0.3, 0.4) is 0 Å². The summed E-state index contributed by atoms with van der Waals surface area (Å²) < 4.78 is 53.0. The average molecular weight is 451 g/mol. The highest BCUT2D eigenvalue weighted by Gasteiger charge is 2.50. The lowest BCUT2D eigenvalue weighted by Gasteiger charge is -2.46. The van der Waals surface area contributed by atoms with Crippen LogP contribution in [0.15, 0.2) is 42.5 Å². The fraction of sp³-hybridized carbons (Fsp3) is 0.333. The first-order valence-electron chi connectivity index (χ1n) is 9.49. The number of halogens is 2. The van der Waals surface area contributed by atoms with Gasteiger partial charge in [-0.1, -0.05) is 29.8 Å². The number of rotatable bonds is 5. The van der Waals surface area contributed by atoms with Crippen molar-refractivity contribution in [2.24, 2.45) is 0 Å². The highest BCUT2D eigenvalue weighted by atomic mass is 32.2. The molecule has 31 heavy (non-hydrogen) atoms. The molecule has 1 fully saturated rings. The molecule has 0 spiro atoms. The predicted octanol–water partition coefficient (Wildman–Crippen LogP) is 1.96. The summed E-state index contributed by atoms with van der Waals surface area (Å²) >= 11 is 0. The average Bonchev–Trinajstić information content (AvgIpc) is 2.67. The van der Waals surface area contributed by atoms with Crippen molar-refractivity contribution < 1.29 is 26.8 Å². The molecule has 0 aromatic heterocycles. The second-order valence-corrected chi connectivity index (χ2v) is 9.78. The molecule has 1 saturated heterocycles. The lowest BCUT2D eigenvalue weighted by molar-refractivity contribution is -0.133. The summed E-state index contributed by atoms with van der Waals surface area (Å²) in [6.45, 7) is 2.47. The van der Waals surface area contributed by atoms with E-state index in [4.69, 9.17) is 0 Å². The third kappa shape index (κ3) is 4.75. The van der Waals surface area contributed by atoms with E-state index in [2.05, 4.69) is 5.32 Å². The predicted molar refractivity (Wildman–Crippen MR) is 112 cm³/mol. The minimum absolute atomic E-state index is 0.126. The van der Waals surface area contributed by atoms with Gasteiger partial charge in [-0.3, -0.25) is 14.5 Å². The van der Waals surface area contributed by atoms with E-state index in [1.807, 2.05) is 31.2 Å². The summed E-state index contributed by atoms with van der Waals surface area (Å²) in [6, 6.07) is 10.0. The van der Waals surface area contributed by atoms with Gasteiger partial charge in [-0.05, 0) is 31.5 Å². The van der Waals surface area contributed by atoms with Crippen molar-refractivity contribution in [1.82, 2.24) is 9.62 Å². The molecule has 1 aliphatic heterocycles. The van der Waals surface area contributed by atoms with E-state index in [0.717, 1.165) is 38.7 Å². The van der Waals surface area contributed by atoms with Gasteiger partial charge in [0.2, 0.25) is 21.8 Å². The van der Waals surface area contributed by atoms with Crippen LogP contribution in [0.25, 0.3) is 0 Å². The number of hydrogen-bond donors (Lipinski definition) is 1. The zero-order chi connectivity index (χ0) is 23.0. The normalized spacial score (nSPS) is 20.0. The summed E-state index contributed by atoms with van der Waals surface area (Å²) in [5.41, 5.74) is -0.222. The maximum Gasteiger partial charge on any atom is 0.247 e. The van der Waals surface area contributed by atoms with Crippen molar-refractivity contribution in [3.63, 3.8) is 0 Å². The van der Waals surface area contributed by atoms with Gasteiger partial charge >= 0.3 is 0 Å². The topological polar surface area (TPSA) is 86.8 Å². The van der Waals surface area contributed by atoms with E-state index < -0.39 is 45.6 Å². The van der Waals surface area contributed by atoms with Crippen molar-refractivity contribution >= 4 is 27.5 Å². The van der Waals surface area contributed by atoms with Gasteiger partial charge in [0, 0.05) is 19.2 Å². The molecule has 0 aliphatic carbocycles. The molecule has 1 aliphatic rings. The number of hydrogen-bond acceptors (Lipinski definition) is 4. The maximum atomic E-state index is 14.5. The second-order valence-electron chi connectivity index (χ2n) is 7.80. The molecule has 0 saturated carbocycles. The Morgan fingerprint density at radius 3 is 2.39 bits per heavy atom. The van der Waals surface area contributed by atoms with Crippen LogP contribution in [0.2, 0.25) is 0 Å². The Labute approximate surface area is 179 Å². The smallest absolute Gasteiger partial charge is 0.247 e. The monoisotopic (exact) mass is 451 g/mol. The minimum atomic E-state index is -3.81. The standard InChI is InChI=1S/C21H23F2N3O4S/c1-14-4-6-15(7-5-14)11-24-20(28)21(2)13-25(31(3,29)30)12-19(27)26(21)18-9-8-16(22)10-17(18)23/h4-10H,11-13H2,1-3H3,(H,24,28). The number of anilines is 1. The summed E-state index contributed by atoms with van der Waals surface area (Å²) in [5, 5.41) is 2.70. The molecule has 0 radical (unpaired) electrons. The van der Waals surface area contributed by atoms with Crippen molar-refractivity contribution in [1.29, 1.82) is 0 Å². The quantitative estimate of drug-likeness (QED) is 0.753. The van der Waals surface area contributed by atoms with Crippen LogP contribution in [0, 0.1) is 18.6 Å². The molecule has 1 N–H and O–H groups in total. The molecule has 2 aromatic carbocycles. The van der Waals surface area contributed by atoms with E-state index in [9.17, 15) is 26.8 Å². The second kappa shape index (κ2) is 8.35. The summed E-state index contributed by atoms with van der Waals surface area (Å²) in [7, 11) is -3.81. The number of nitrogens with zero attached hydrogens (tertiary/aromatic N) is 2. The van der Waals surface area contributed by atoms with Crippen molar-refractivity contribution in [2.45, 2.75) is 25.9 Å². The first-order valence-corrected chi connectivity index (χ1v) is 11.3. The van der Waals surface area contributed by atoms with E-state index in [1.54, 1.807) is 0 Å². The van der Waals surface area contributed by atoms with Crippen molar-refractivity contribution in [3.8, 4) is 0 Å². The zero-order valence-electron chi connectivity index (χ0n) is 17.4. The molecule has 10 heteroatoms. The van der Waals surface area contributed by atoms with Gasteiger partial charge in [-0.15, -0.1) is 0 Å². The van der Waals surface area contributed by atoms with E-state index in [1.165, 1.54) is 6.92 Å². The molecule has 166 valence electrons. The summed E-state index contributed by atoms with van der Waals surface area (Å²) in [6.07, 6.45) is 0.930. The van der Waals surface area contributed by atoms with E-state index in [-0.39, 0.29) is 18.8 Å². The minimum Gasteiger partial charge on any atom is -0.350 e. The van der Waals surface area contributed by atoms with E-state index in [0.29, 0.717) is 6.07 Å². The lowest BCUT2D eigenvalue weighted by atomic mass is 9.94. The number of amides is 2. The molecule has 1 unspecified atom stereocenters. The number of piperazine rings is 1. The number of carbonyl (C=O) groups is 2. The zero-order valence-corrected chi connectivity index (χ0v) is 18.2. The van der Waals surface area contributed by atoms with Crippen LogP contribution in [0.4, 0.5) is 14.5 Å². The number of carbonyl (C=O) groups excluding carboxylic acids is 2. The third-order valence-corrected chi connectivity index (χ3v) is 6.42. The van der Waals surface area contributed by atoms with Crippen LogP contribution in [-0.2, 0) is 26.2 Å². The Balaban J connectivity index is 1.98. The highest BCUT2D eigenvalue weighted by molar-refractivity contribution is 7.88. The number of sulfonamides is 1. The van der Waals surface area contributed by atoms with Gasteiger partial charge in [-0.25, -0.2) is 17.2 Å². The number of benzene rings is 2. The molecule has 1 heterocycles. The molecule has 1 atom stereocenters. The lowest BCUT2D eigenvalue weighted by Crippen LogP contribution is -2.70. The summed E-state index contributed by atoms with van der Waals surface area (Å²) in [5.74, 6) is -3.33. The Bertz CT molecular complexity index is 1120. The number of aryl methyl sites for hydroxylation is 1. The molecule has 0 bridgehead atoms. The molecule has 2 amide bonds. The van der Waals surface area contributed by atoms with Gasteiger partial charge in [0.15, 0.2) is 0 Å². The Hall–Kier alpha value is -2.85. The maximum absolute atomic E-state index is 14.5. The van der Waals surface area contributed by atoms with Crippen LogP contribution in [-0.4, -0.2) is 49.4 Å². The molecule has 2 aromatic rings. The van der Waals surface area contributed by atoms with Gasteiger partial charge in [0.1, 0.15) is 17.2 Å². The first kappa shape index (κ1) is 22.8. The van der Waals surface area contributed by atoms with Gasteiger partial charge in [0.05, 0.1) is 18.5 Å². The molecule has 3 rings (SSSR count). The summed E-state index contributed by atoms with van der Waals surface area (Å²) in [4.78, 5) is 27.0. The van der Waals surface area contributed by atoms with Gasteiger partial charge in [0.25, 0.3) is 0 Å². The highest BCUT2D eigenvalue weighted by Crippen LogP contribution is 2.32. The Morgan fingerprint density at radius 2 is 1.81 bits per heavy atom. The fourth-order valence-electron chi connectivity index (χ4n) is 3.52. The number of nitrogens with one attached hydrogen (secondary N) is 1. The van der Waals surface area contributed by atoms with Crippen molar-refractivity contribution in [2.75, 3.05) is 24.2 Å². The Morgan fingerprint density at radius 1 is 1.16 bits per heavy atom. The van der Waals surface area contributed by atoms with Crippen LogP contribution < -0.4 is 10.2 Å². The molecular formula is C21H23F2N3O4S. The largest absolute Gasteiger partial charge is 0.350 e.